The van der Waals surface area contributed by atoms with E-state index in [1.807, 2.05) is 4.90 Å². The van der Waals surface area contributed by atoms with E-state index in [9.17, 15) is 4.79 Å². The van der Waals surface area contributed by atoms with Gasteiger partial charge in [0, 0.05) is 52.0 Å². The van der Waals surface area contributed by atoms with Crippen LogP contribution in [0.3, 0.4) is 0 Å². The third kappa shape index (κ3) is 4.59. The highest BCUT2D eigenvalue weighted by atomic mass is 16.5. The SMILES string of the molecule is COCCCN1CCN(C(=O)c2ccc(OC)c(OC)c2)CC1. The highest BCUT2D eigenvalue weighted by Crippen LogP contribution is 2.28. The molecule has 1 saturated heterocycles. The second-order valence-corrected chi connectivity index (χ2v) is 5.55. The Morgan fingerprint density at radius 3 is 2.35 bits per heavy atom. The topological polar surface area (TPSA) is 51.2 Å². The summed E-state index contributed by atoms with van der Waals surface area (Å²) in [4.78, 5) is 16.9. The molecule has 6 nitrogen and oxygen atoms in total. The van der Waals surface area contributed by atoms with Crippen molar-refractivity contribution in [3.8, 4) is 11.5 Å². The first-order chi connectivity index (χ1) is 11.2. The molecule has 0 spiro atoms. The molecule has 1 aromatic rings. The van der Waals surface area contributed by atoms with E-state index in [1.54, 1.807) is 39.5 Å². The van der Waals surface area contributed by atoms with Gasteiger partial charge in [0.2, 0.25) is 0 Å². The summed E-state index contributed by atoms with van der Waals surface area (Å²) in [6, 6.07) is 5.30. The molecule has 23 heavy (non-hydrogen) atoms. The normalized spacial score (nSPS) is 15.5. The van der Waals surface area contributed by atoms with E-state index in [2.05, 4.69) is 4.90 Å². The van der Waals surface area contributed by atoms with Gasteiger partial charge in [-0.15, -0.1) is 0 Å². The smallest absolute Gasteiger partial charge is 0.254 e. The van der Waals surface area contributed by atoms with Gasteiger partial charge in [-0.1, -0.05) is 0 Å². The Morgan fingerprint density at radius 2 is 1.74 bits per heavy atom. The fourth-order valence-corrected chi connectivity index (χ4v) is 2.76. The summed E-state index contributed by atoms with van der Waals surface area (Å²) in [5, 5.41) is 0. The lowest BCUT2D eigenvalue weighted by atomic mass is 10.1. The van der Waals surface area contributed by atoms with E-state index in [4.69, 9.17) is 14.2 Å². The van der Waals surface area contributed by atoms with Crippen molar-refractivity contribution in [1.82, 2.24) is 9.80 Å². The first-order valence-electron chi connectivity index (χ1n) is 7.92. The highest BCUT2D eigenvalue weighted by molar-refractivity contribution is 5.95. The molecule has 1 aliphatic rings. The Morgan fingerprint density at radius 1 is 1.04 bits per heavy atom. The van der Waals surface area contributed by atoms with Crippen molar-refractivity contribution in [2.75, 3.05) is 60.7 Å². The van der Waals surface area contributed by atoms with E-state index < -0.39 is 0 Å². The van der Waals surface area contributed by atoms with Crippen LogP contribution < -0.4 is 9.47 Å². The van der Waals surface area contributed by atoms with E-state index in [-0.39, 0.29) is 5.91 Å². The number of methoxy groups -OCH3 is 3. The van der Waals surface area contributed by atoms with Gasteiger partial charge in [0.15, 0.2) is 11.5 Å². The van der Waals surface area contributed by atoms with Crippen LogP contribution >= 0.6 is 0 Å². The minimum absolute atomic E-state index is 0.0440. The van der Waals surface area contributed by atoms with Crippen LogP contribution in [0.2, 0.25) is 0 Å². The molecule has 0 aliphatic carbocycles. The van der Waals surface area contributed by atoms with E-state index in [0.29, 0.717) is 17.1 Å². The zero-order chi connectivity index (χ0) is 16.7. The van der Waals surface area contributed by atoms with E-state index in [0.717, 1.165) is 45.8 Å². The maximum absolute atomic E-state index is 12.6. The third-order valence-electron chi connectivity index (χ3n) is 4.11. The second kappa shape index (κ2) is 8.74. The molecular weight excluding hydrogens is 296 g/mol. The van der Waals surface area contributed by atoms with Crippen molar-refractivity contribution in [3.63, 3.8) is 0 Å². The first-order valence-corrected chi connectivity index (χ1v) is 7.92. The highest BCUT2D eigenvalue weighted by Gasteiger charge is 2.22. The second-order valence-electron chi connectivity index (χ2n) is 5.55. The summed E-state index contributed by atoms with van der Waals surface area (Å²) < 4.78 is 15.6. The number of ether oxygens (including phenoxy) is 3. The molecule has 1 heterocycles. The Kier molecular flexibility index (Phi) is 6.67. The molecular formula is C17H26N2O4. The molecule has 6 heteroatoms. The maximum Gasteiger partial charge on any atom is 0.254 e. The van der Waals surface area contributed by atoms with Crippen LogP contribution in [0.4, 0.5) is 0 Å². The van der Waals surface area contributed by atoms with Gasteiger partial charge < -0.3 is 19.1 Å². The van der Waals surface area contributed by atoms with Gasteiger partial charge in [-0.25, -0.2) is 0 Å². The number of carbonyl (C=O) groups excluding carboxylic acids is 1. The van der Waals surface area contributed by atoms with Gasteiger partial charge in [0.25, 0.3) is 5.91 Å². The van der Waals surface area contributed by atoms with Gasteiger partial charge >= 0.3 is 0 Å². The van der Waals surface area contributed by atoms with Crippen LogP contribution in [-0.2, 0) is 4.74 Å². The van der Waals surface area contributed by atoms with Crippen molar-refractivity contribution >= 4 is 5.91 Å². The number of rotatable bonds is 7. The molecule has 0 saturated carbocycles. The minimum Gasteiger partial charge on any atom is -0.493 e. The fourth-order valence-electron chi connectivity index (χ4n) is 2.76. The van der Waals surface area contributed by atoms with Crippen molar-refractivity contribution in [2.45, 2.75) is 6.42 Å². The summed E-state index contributed by atoms with van der Waals surface area (Å²) in [5.41, 5.74) is 0.635. The number of piperazine rings is 1. The summed E-state index contributed by atoms with van der Waals surface area (Å²) in [5.74, 6) is 1.26. The monoisotopic (exact) mass is 322 g/mol. The van der Waals surface area contributed by atoms with Crippen LogP contribution in [-0.4, -0.2) is 76.4 Å². The number of nitrogens with zero attached hydrogens (tertiary/aromatic N) is 2. The fraction of sp³-hybridized carbons (Fsp3) is 0.588. The van der Waals surface area contributed by atoms with Gasteiger partial charge in [-0.2, -0.15) is 0 Å². The minimum atomic E-state index is 0.0440. The molecule has 0 unspecified atom stereocenters. The average molecular weight is 322 g/mol. The summed E-state index contributed by atoms with van der Waals surface area (Å²) in [6.45, 7) is 5.11. The number of benzene rings is 1. The Hall–Kier alpha value is -1.79. The number of hydrogen-bond donors (Lipinski definition) is 0. The first kappa shape index (κ1) is 17.6. The molecule has 1 fully saturated rings. The van der Waals surface area contributed by atoms with Crippen LogP contribution in [0, 0.1) is 0 Å². The molecule has 0 N–H and O–H groups in total. The van der Waals surface area contributed by atoms with Crippen molar-refractivity contribution in [1.29, 1.82) is 0 Å². The van der Waals surface area contributed by atoms with Crippen LogP contribution in [0.25, 0.3) is 0 Å². The quantitative estimate of drug-likeness (QED) is 0.712. The van der Waals surface area contributed by atoms with Crippen LogP contribution in [0.15, 0.2) is 18.2 Å². The van der Waals surface area contributed by atoms with Crippen LogP contribution in [0.1, 0.15) is 16.8 Å². The largest absolute Gasteiger partial charge is 0.493 e. The molecule has 1 aliphatic heterocycles. The number of hydrogen-bond acceptors (Lipinski definition) is 5. The van der Waals surface area contributed by atoms with Crippen molar-refractivity contribution < 1.29 is 19.0 Å². The van der Waals surface area contributed by atoms with Crippen molar-refractivity contribution in [3.05, 3.63) is 23.8 Å². The maximum atomic E-state index is 12.6. The molecule has 0 atom stereocenters. The van der Waals surface area contributed by atoms with Crippen LogP contribution in [0.5, 0.6) is 11.5 Å². The summed E-state index contributed by atoms with van der Waals surface area (Å²) in [6.07, 6.45) is 1.03. The molecule has 0 radical (unpaired) electrons. The average Bonchev–Trinajstić information content (AvgIpc) is 2.61. The van der Waals surface area contributed by atoms with Crippen molar-refractivity contribution in [2.24, 2.45) is 0 Å². The van der Waals surface area contributed by atoms with E-state index >= 15 is 0 Å². The predicted molar refractivity (Wildman–Crippen MR) is 88.4 cm³/mol. The zero-order valence-corrected chi connectivity index (χ0v) is 14.2. The summed E-state index contributed by atoms with van der Waals surface area (Å²) in [7, 11) is 4.88. The molecule has 128 valence electrons. The van der Waals surface area contributed by atoms with Gasteiger partial charge in [0.05, 0.1) is 14.2 Å². The molecule has 0 aromatic heterocycles. The molecule has 2 rings (SSSR count). The molecule has 1 amide bonds. The lowest BCUT2D eigenvalue weighted by Crippen LogP contribution is -2.48. The van der Waals surface area contributed by atoms with Gasteiger partial charge in [-0.3, -0.25) is 9.69 Å². The molecule has 1 aromatic carbocycles. The third-order valence-corrected chi connectivity index (χ3v) is 4.11. The Bertz CT molecular complexity index is 513. The lowest BCUT2D eigenvalue weighted by Gasteiger charge is -2.34. The predicted octanol–water partition coefficient (Wildman–Crippen LogP) is 1.50. The summed E-state index contributed by atoms with van der Waals surface area (Å²) >= 11 is 0. The lowest BCUT2D eigenvalue weighted by molar-refractivity contribution is 0.0623. The Balaban J connectivity index is 1.92. The number of carbonyl (C=O) groups is 1. The van der Waals surface area contributed by atoms with Gasteiger partial charge in [0.1, 0.15) is 0 Å². The zero-order valence-electron chi connectivity index (χ0n) is 14.2. The number of amides is 1. The van der Waals surface area contributed by atoms with E-state index in [1.165, 1.54) is 0 Å². The molecule has 0 bridgehead atoms. The Labute approximate surface area is 137 Å². The standard InChI is InChI=1S/C17H26N2O4/c1-21-12-4-7-18-8-10-19(11-9-18)17(20)14-5-6-15(22-2)16(13-14)23-3/h5-6,13H,4,7-12H2,1-3H3. The van der Waals surface area contributed by atoms with Gasteiger partial charge in [-0.05, 0) is 24.6 Å².